The number of hydrogen-bond donors (Lipinski definition) is 2. The highest BCUT2D eigenvalue weighted by molar-refractivity contribution is 9.10. The van der Waals surface area contributed by atoms with Gasteiger partial charge < -0.3 is 11.1 Å². The molecule has 112 valence electrons. The minimum Gasteiger partial charge on any atom is -0.378 e. The van der Waals surface area contributed by atoms with Gasteiger partial charge in [0.1, 0.15) is 0 Å². The second kappa shape index (κ2) is 5.69. The van der Waals surface area contributed by atoms with Crippen LogP contribution in [0.2, 0.25) is 0 Å². The molecule has 0 amide bonds. The molecule has 3 N–H and O–H groups in total. The molecule has 20 heavy (non-hydrogen) atoms. The lowest BCUT2D eigenvalue weighted by molar-refractivity contribution is 0.125. The van der Waals surface area contributed by atoms with Crippen molar-refractivity contribution in [3.63, 3.8) is 0 Å². The monoisotopic (exact) mass is 338 g/mol. The highest BCUT2D eigenvalue weighted by Gasteiger charge is 2.42. The van der Waals surface area contributed by atoms with Gasteiger partial charge in [-0.1, -0.05) is 36.7 Å². The van der Waals surface area contributed by atoms with Crippen LogP contribution in [0.4, 0.5) is 5.69 Å². The maximum atomic E-state index is 6.17. The predicted molar refractivity (Wildman–Crippen MR) is 91.1 cm³/mol. The smallest absolute Gasteiger partial charge is 0.0503 e. The quantitative estimate of drug-likeness (QED) is 0.837. The summed E-state index contributed by atoms with van der Waals surface area (Å²) in [6.07, 6.45) is 3.57. The molecule has 2 unspecified atom stereocenters. The van der Waals surface area contributed by atoms with Crippen LogP contribution in [0.25, 0.3) is 0 Å². The minimum atomic E-state index is 0.0222. The van der Waals surface area contributed by atoms with Gasteiger partial charge >= 0.3 is 0 Å². The lowest BCUT2D eigenvalue weighted by atomic mass is 9.64. The Morgan fingerprint density at radius 2 is 2.00 bits per heavy atom. The third kappa shape index (κ3) is 3.76. The first-order valence-corrected chi connectivity index (χ1v) is 8.28. The van der Waals surface area contributed by atoms with Crippen molar-refractivity contribution in [2.24, 2.45) is 17.1 Å². The van der Waals surface area contributed by atoms with E-state index in [0.29, 0.717) is 17.9 Å². The van der Waals surface area contributed by atoms with E-state index >= 15 is 0 Å². The Labute approximate surface area is 131 Å². The summed E-state index contributed by atoms with van der Waals surface area (Å²) in [6.45, 7) is 9.88. The van der Waals surface area contributed by atoms with Crippen LogP contribution in [0.1, 0.15) is 45.6 Å². The second-order valence-electron chi connectivity index (χ2n) is 7.48. The molecule has 0 heterocycles. The molecule has 2 atom stereocenters. The first-order valence-electron chi connectivity index (χ1n) is 7.49. The summed E-state index contributed by atoms with van der Waals surface area (Å²) in [7, 11) is 0. The van der Waals surface area contributed by atoms with E-state index in [0.717, 1.165) is 17.3 Å². The Balaban J connectivity index is 2.27. The summed E-state index contributed by atoms with van der Waals surface area (Å²) >= 11 is 3.58. The lowest BCUT2D eigenvalue weighted by Gasteiger charge is -2.48. The second-order valence-corrected chi connectivity index (χ2v) is 8.40. The van der Waals surface area contributed by atoms with Gasteiger partial charge in [-0.25, -0.2) is 0 Å². The SMILES string of the molecule is Cc1cc(Br)cc(NC2(CN)CC(C)CC(C)(C)C2)c1. The summed E-state index contributed by atoms with van der Waals surface area (Å²) in [5.74, 6) is 0.711. The molecule has 3 heteroatoms. The van der Waals surface area contributed by atoms with Gasteiger partial charge in [0.25, 0.3) is 0 Å². The van der Waals surface area contributed by atoms with Gasteiger partial charge in [0.05, 0.1) is 5.54 Å². The van der Waals surface area contributed by atoms with Gasteiger partial charge in [0.15, 0.2) is 0 Å². The topological polar surface area (TPSA) is 38.0 Å². The highest BCUT2D eigenvalue weighted by atomic mass is 79.9. The van der Waals surface area contributed by atoms with Crippen molar-refractivity contribution in [3.8, 4) is 0 Å². The molecule has 0 radical (unpaired) electrons. The van der Waals surface area contributed by atoms with Crippen molar-refractivity contribution in [1.29, 1.82) is 0 Å². The van der Waals surface area contributed by atoms with Crippen LogP contribution in [0.3, 0.4) is 0 Å². The zero-order valence-electron chi connectivity index (χ0n) is 13.1. The van der Waals surface area contributed by atoms with Crippen LogP contribution < -0.4 is 11.1 Å². The summed E-state index contributed by atoms with van der Waals surface area (Å²) < 4.78 is 1.12. The molecule has 1 aromatic carbocycles. The average molecular weight is 339 g/mol. The normalized spacial score (nSPS) is 29.2. The molecular weight excluding hydrogens is 312 g/mol. The van der Waals surface area contributed by atoms with Crippen LogP contribution in [0.5, 0.6) is 0 Å². The largest absolute Gasteiger partial charge is 0.378 e. The fourth-order valence-corrected chi connectivity index (χ4v) is 4.77. The molecule has 1 aromatic rings. The summed E-state index contributed by atoms with van der Waals surface area (Å²) in [6, 6.07) is 6.48. The number of anilines is 1. The van der Waals surface area contributed by atoms with Crippen molar-refractivity contribution in [3.05, 3.63) is 28.2 Å². The molecular formula is C17H27BrN2. The van der Waals surface area contributed by atoms with Gasteiger partial charge in [-0.05, 0) is 61.3 Å². The highest BCUT2D eigenvalue weighted by Crippen LogP contribution is 2.45. The van der Waals surface area contributed by atoms with Crippen molar-refractivity contribution in [2.45, 2.75) is 52.5 Å². The van der Waals surface area contributed by atoms with Gasteiger partial charge in [-0.2, -0.15) is 0 Å². The Bertz CT molecular complexity index is 464. The van der Waals surface area contributed by atoms with E-state index in [1.165, 1.54) is 17.7 Å². The predicted octanol–water partition coefficient (Wildman–Crippen LogP) is 4.71. The van der Waals surface area contributed by atoms with Crippen LogP contribution in [0.15, 0.2) is 22.7 Å². The van der Waals surface area contributed by atoms with Crippen molar-refractivity contribution in [1.82, 2.24) is 0 Å². The third-order valence-electron chi connectivity index (χ3n) is 4.30. The minimum absolute atomic E-state index is 0.0222. The van der Waals surface area contributed by atoms with E-state index in [4.69, 9.17) is 5.73 Å². The molecule has 2 nitrogen and oxygen atoms in total. The van der Waals surface area contributed by atoms with E-state index in [1.54, 1.807) is 0 Å². The number of halogens is 1. The maximum Gasteiger partial charge on any atom is 0.0503 e. The number of hydrogen-bond acceptors (Lipinski definition) is 2. The standard InChI is InChI=1S/C17H27BrN2/c1-12-5-14(18)7-15(6-12)20-17(11-19)9-13(2)8-16(3,4)10-17/h5-7,13,20H,8-11,19H2,1-4H3. The molecule has 0 aliphatic heterocycles. The van der Waals surface area contributed by atoms with Crippen LogP contribution >= 0.6 is 15.9 Å². The first kappa shape index (κ1) is 15.8. The molecule has 1 saturated carbocycles. The van der Waals surface area contributed by atoms with E-state index in [9.17, 15) is 0 Å². The van der Waals surface area contributed by atoms with E-state index in [-0.39, 0.29) is 5.54 Å². The number of nitrogens with two attached hydrogens (primary N) is 1. The Kier molecular flexibility index (Phi) is 4.50. The molecule has 1 aliphatic carbocycles. The van der Waals surface area contributed by atoms with Crippen LogP contribution in [-0.4, -0.2) is 12.1 Å². The number of aryl methyl sites for hydroxylation is 1. The summed E-state index contributed by atoms with van der Waals surface area (Å²) in [5.41, 5.74) is 8.98. The molecule has 0 aromatic heterocycles. The summed E-state index contributed by atoms with van der Waals surface area (Å²) in [4.78, 5) is 0. The average Bonchev–Trinajstić information content (AvgIpc) is 2.24. The van der Waals surface area contributed by atoms with Crippen molar-refractivity contribution >= 4 is 21.6 Å². The lowest BCUT2D eigenvalue weighted by Crippen LogP contribution is -2.52. The summed E-state index contributed by atoms with van der Waals surface area (Å²) in [5, 5.41) is 3.76. The van der Waals surface area contributed by atoms with E-state index in [2.05, 4.69) is 67.1 Å². The fraction of sp³-hybridized carbons (Fsp3) is 0.647. The van der Waals surface area contributed by atoms with Crippen molar-refractivity contribution < 1.29 is 0 Å². The zero-order chi connectivity index (χ0) is 15.0. The van der Waals surface area contributed by atoms with Gasteiger partial charge in [-0.3, -0.25) is 0 Å². The van der Waals surface area contributed by atoms with E-state index < -0.39 is 0 Å². The van der Waals surface area contributed by atoms with Gasteiger partial charge in [0, 0.05) is 16.7 Å². The fourth-order valence-electron chi connectivity index (χ4n) is 4.16. The van der Waals surface area contributed by atoms with Crippen LogP contribution in [-0.2, 0) is 0 Å². The molecule has 2 rings (SSSR count). The molecule has 0 bridgehead atoms. The van der Waals surface area contributed by atoms with E-state index in [1.807, 2.05) is 0 Å². The molecule has 0 spiro atoms. The number of rotatable bonds is 3. The van der Waals surface area contributed by atoms with Gasteiger partial charge in [-0.15, -0.1) is 0 Å². The Morgan fingerprint density at radius 1 is 1.30 bits per heavy atom. The zero-order valence-corrected chi connectivity index (χ0v) is 14.7. The first-order chi connectivity index (χ1) is 9.23. The molecule has 0 saturated heterocycles. The maximum absolute atomic E-state index is 6.17. The number of benzene rings is 1. The van der Waals surface area contributed by atoms with Crippen molar-refractivity contribution in [2.75, 3.05) is 11.9 Å². The molecule has 1 aliphatic rings. The Hall–Kier alpha value is -0.540. The third-order valence-corrected chi connectivity index (χ3v) is 4.76. The molecule has 1 fully saturated rings. The Morgan fingerprint density at radius 3 is 2.55 bits per heavy atom. The number of nitrogens with one attached hydrogen (secondary N) is 1. The van der Waals surface area contributed by atoms with Gasteiger partial charge in [0.2, 0.25) is 0 Å². The van der Waals surface area contributed by atoms with Crippen LogP contribution in [0, 0.1) is 18.3 Å².